The summed E-state index contributed by atoms with van der Waals surface area (Å²) in [5.41, 5.74) is 2.56. The van der Waals surface area contributed by atoms with Gasteiger partial charge < -0.3 is 10.4 Å². The fraction of sp³-hybridized carbons (Fsp3) is 0.450. The number of benzene rings is 1. The molecule has 1 aliphatic heterocycles. The van der Waals surface area contributed by atoms with Gasteiger partial charge in [0.05, 0.1) is 11.6 Å². The Hall–Kier alpha value is -1.87. The minimum Gasteiger partial charge on any atom is -0.388 e. The van der Waals surface area contributed by atoms with E-state index in [1.807, 2.05) is 36.4 Å². The molecule has 2 atom stereocenters. The van der Waals surface area contributed by atoms with Gasteiger partial charge in [0.1, 0.15) is 0 Å². The SMILES string of the molecule is CCCCC1(CC(O)c2ccccc2)NC(=O)C2=C1CCC=C2. The van der Waals surface area contributed by atoms with Crippen LogP contribution in [0.15, 0.2) is 53.6 Å². The zero-order chi connectivity index (χ0) is 16.3. The van der Waals surface area contributed by atoms with Crippen molar-refractivity contribution in [3.63, 3.8) is 0 Å². The highest BCUT2D eigenvalue weighted by molar-refractivity contribution is 6.01. The zero-order valence-electron chi connectivity index (χ0n) is 13.7. The van der Waals surface area contributed by atoms with E-state index in [0.717, 1.165) is 43.2 Å². The normalized spacial score (nSPS) is 24.5. The highest BCUT2D eigenvalue weighted by Crippen LogP contribution is 2.42. The van der Waals surface area contributed by atoms with Gasteiger partial charge >= 0.3 is 0 Å². The molecule has 1 amide bonds. The zero-order valence-corrected chi connectivity index (χ0v) is 13.7. The summed E-state index contributed by atoms with van der Waals surface area (Å²) in [5.74, 6) is 0.0207. The smallest absolute Gasteiger partial charge is 0.251 e. The van der Waals surface area contributed by atoms with Gasteiger partial charge in [0.25, 0.3) is 5.91 Å². The number of carbonyl (C=O) groups is 1. The number of hydrogen-bond donors (Lipinski definition) is 2. The standard InChI is InChI=1S/C20H25NO2/c1-2-3-13-20(14-18(22)15-9-5-4-6-10-15)17-12-8-7-11-16(17)19(23)21-20/h4-7,9-11,18,22H,2-3,8,12-14H2,1H3,(H,21,23). The third-order valence-electron chi connectivity index (χ3n) is 5.03. The topological polar surface area (TPSA) is 49.3 Å². The summed E-state index contributed by atoms with van der Waals surface area (Å²) in [7, 11) is 0. The Bertz CT molecular complexity index is 632. The van der Waals surface area contributed by atoms with Crippen molar-refractivity contribution >= 4 is 5.91 Å². The Labute approximate surface area is 138 Å². The average molecular weight is 311 g/mol. The van der Waals surface area contributed by atoms with Gasteiger partial charge in [0.15, 0.2) is 0 Å². The maximum atomic E-state index is 12.4. The maximum Gasteiger partial charge on any atom is 0.251 e. The summed E-state index contributed by atoms with van der Waals surface area (Å²) in [6.07, 6.45) is 8.92. The lowest BCUT2D eigenvalue weighted by molar-refractivity contribution is -0.117. The molecule has 0 aromatic heterocycles. The first-order chi connectivity index (χ1) is 11.2. The van der Waals surface area contributed by atoms with Gasteiger partial charge in [-0.2, -0.15) is 0 Å². The summed E-state index contributed by atoms with van der Waals surface area (Å²) in [5, 5.41) is 14.0. The van der Waals surface area contributed by atoms with Crippen LogP contribution in [0, 0.1) is 0 Å². The number of hydrogen-bond acceptors (Lipinski definition) is 2. The molecule has 122 valence electrons. The molecule has 3 heteroatoms. The van der Waals surface area contributed by atoms with Gasteiger partial charge in [-0.05, 0) is 30.4 Å². The molecule has 2 N–H and O–H groups in total. The molecule has 1 heterocycles. The van der Waals surface area contributed by atoms with Gasteiger partial charge in [-0.1, -0.05) is 62.2 Å². The van der Waals surface area contributed by atoms with Crippen molar-refractivity contribution in [1.29, 1.82) is 0 Å². The second-order valence-electron chi connectivity index (χ2n) is 6.60. The first-order valence-corrected chi connectivity index (χ1v) is 8.62. The van der Waals surface area contributed by atoms with E-state index in [2.05, 4.69) is 18.3 Å². The van der Waals surface area contributed by atoms with Crippen LogP contribution in [0.3, 0.4) is 0 Å². The molecule has 1 aromatic rings. The van der Waals surface area contributed by atoms with Crippen LogP contribution >= 0.6 is 0 Å². The third-order valence-corrected chi connectivity index (χ3v) is 5.03. The highest BCUT2D eigenvalue weighted by atomic mass is 16.3. The van der Waals surface area contributed by atoms with Gasteiger partial charge in [0, 0.05) is 12.0 Å². The van der Waals surface area contributed by atoms with Crippen molar-refractivity contribution in [2.45, 2.75) is 57.1 Å². The molecule has 0 fully saturated rings. The predicted molar refractivity (Wildman–Crippen MR) is 91.8 cm³/mol. The van der Waals surface area contributed by atoms with Crippen LogP contribution in [0.1, 0.15) is 57.1 Å². The molecule has 0 radical (unpaired) electrons. The fourth-order valence-electron chi connectivity index (χ4n) is 3.83. The van der Waals surface area contributed by atoms with Crippen LogP contribution in [-0.2, 0) is 4.79 Å². The number of amides is 1. The van der Waals surface area contributed by atoms with Gasteiger partial charge in [0.2, 0.25) is 0 Å². The molecule has 1 aliphatic carbocycles. The Morgan fingerprint density at radius 2 is 2.09 bits per heavy atom. The Morgan fingerprint density at radius 1 is 1.30 bits per heavy atom. The van der Waals surface area contributed by atoms with Crippen LogP contribution in [0.2, 0.25) is 0 Å². The van der Waals surface area contributed by atoms with E-state index in [1.54, 1.807) is 0 Å². The number of allylic oxidation sites excluding steroid dienone is 1. The average Bonchev–Trinajstić information content (AvgIpc) is 2.87. The molecular formula is C20H25NO2. The van der Waals surface area contributed by atoms with Crippen molar-refractivity contribution in [3.8, 4) is 0 Å². The number of unbranched alkanes of at least 4 members (excludes halogenated alkanes) is 1. The summed E-state index contributed by atoms with van der Waals surface area (Å²) < 4.78 is 0. The lowest BCUT2D eigenvalue weighted by atomic mass is 9.76. The fourth-order valence-corrected chi connectivity index (χ4v) is 3.83. The first kappa shape index (κ1) is 16.0. The van der Waals surface area contributed by atoms with Crippen molar-refractivity contribution in [3.05, 3.63) is 59.2 Å². The largest absolute Gasteiger partial charge is 0.388 e. The van der Waals surface area contributed by atoms with E-state index in [4.69, 9.17) is 0 Å². The van der Waals surface area contributed by atoms with E-state index in [1.165, 1.54) is 5.57 Å². The summed E-state index contributed by atoms with van der Waals surface area (Å²) in [6, 6.07) is 9.74. The molecule has 0 saturated heterocycles. The van der Waals surface area contributed by atoms with Crippen LogP contribution in [0.4, 0.5) is 0 Å². The van der Waals surface area contributed by atoms with Crippen molar-refractivity contribution in [2.24, 2.45) is 0 Å². The first-order valence-electron chi connectivity index (χ1n) is 8.62. The minimum absolute atomic E-state index is 0.0207. The van der Waals surface area contributed by atoms with Crippen molar-refractivity contribution in [1.82, 2.24) is 5.32 Å². The van der Waals surface area contributed by atoms with Crippen molar-refractivity contribution < 1.29 is 9.90 Å². The Balaban J connectivity index is 1.90. The second-order valence-corrected chi connectivity index (χ2v) is 6.60. The summed E-state index contributed by atoms with van der Waals surface area (Å²) in [6.45, 7) is 2.16. The molecule has 3 rings (SSSR count). The van der Waals surface area contributed by atoms with Crippen LogP contribution < -0.4 is 5.32 Å². The number of nitrogens with one attached hydrogen (secondary N) is 1. The Kier molecular flexibility index (Phi) is 4.67. The monoisotopic (exact) mass is 311 g/mol. The molecule has 2 aliphatic rings. The molecule has 2 unspecified atom stereocenters. The maximum absolute atomic E-state index is 12.4. The lowest BCUT2D eigenvalue weighted by Crippen LogP contribution is -2.46. The molecule has 0 spiro atoms. The van der Waals surface area contributed by atoms with E-state index in [9.17, 15) is 9.90 Å². The van der Waals surface area contributed by atoms with E-state index in [0.29, 0.717) is 6.42 Å². The molecule has 1 aromatic carbocycles. The number of rotatable bonds is 6. The third kappa shape index (κ3) is 3.11. The molecule has 23 heavy (non-hydrogen) atoms. The van der Waals surface area contributed by atoms with E-state index in [-0.39, 0.29) is 11.4 Å². The molecule has 3 nitrogen and oxygen atoms in total. The number of aliphatic hydroxyl groups excluding tert-OH is 1. The summed E-state index contributed by atoms with van der Waals surface area (Å²) in [4.78, 5) is 12.4. The van der Waals surface area contributed by atoms with Crippen LogP contribution in [-0.4, -0.2) is 16.6 Å². The minimum atomic E-state index is -0.564. The van der Waals surface area contributed by atoms with E-state index < -0.39 is 6.10 Å². The van der Waals surface area contributed by atoms with Crippen LogP contribution in [0.25, 0.3) is 0 Å². The van der Waals surface area contributed by atoms with Crippen molar-refractivity contribution in [2.75, 3.05) is 0 Å². The quantitative estimate of drug-likeness (QED) is 0.839. The number of aliphatic hydroxyl groups is 1. The molecular weight excluding hydrogens is 286 g/mol. The second kappa shape index (κ2) is 6.71. The van der Waals surface area contributed by atoms with Gasteiger partial charge in [-0.15, -0.1) is 0 Å². The summed E-state index contributed by atoms with van der Waals surface area (Å²) >= 11 is 0. The predicted octanol–water partition coefficient (Wildman–Crippen LogP) is 3.82. The molecule has 0 bridgehead atoms. The van der Waals surface area contributed by atoms with E-state index >= 15 is 0 Å². The van der Waals surface area contributed by atoms with Crippen LogP contribution in [0.5, 0.6) is 0 Å². The van der Waals surface area contributed by atoms with Gasteiger partial charge in [-0.25, -0.2) is 0 Å². The Morgan fingerprint density at radius 3 is 2.83 bits per heavy atom. The number of carbonyl (C=O) groups excluding carboxylic acids is 1. The highest BCUT2D eigenvalue weighted by Gasteiger charge is 2.44. The lowest BCUT2D eigenvalue weighted by Gasteiger charge is -2.35. The van der Waals surface area contributed by atoms with Gasteiger partial charge in [-0.3, -0.25) is 4.79 Å². The molecule has 0 saturated carbocycles.